The summed E-state index contributed by atoms with van der Waals surface area (Å²) in [7, 11) is 0. The highest BCUT2D eigenvalue weighted by atomic mass is 16.2. The molecule has 2 heterocycles. The second-order valence-corrected chi connectivity index (χ2v) is 9.10. The van der Waals surface area contributed by atoms with Crippen molar-refractivity contribution in [3.05, 3.63) is 30.3 Å². The first-order chi connectivity index (χ1) is 15.0. The van der Waals surface area contributed by atoms with Gasteiger partial charge in [-0.05, 0) is 44.2 Å². The van der Waals surface area contributed by atoms with E-state index in [-0.39, 0.29) is 30.2 Å². The molecule has 0 atom stereocenters. The Bertz CT molecular complexity index is 800. The number of para-hydroxylation sites is 1. The van der Waals surface area contributed by atoms with Gasteiger partial charge in [0.2, 0.25) is 11.8 Å². The van der Waals surface area contributed by atoms with Gasteiger partial charge in [0.15, 0.2) is 0 Å². The van der Waals surface area contributed by atoms with Crippen LogP contribution in [0.5, 0.6) is 0 Å². The summed E-state index contributed by atoms with van der Waals surface area (Å²) < 4.78 is 0. The van der Waals surface area contributed by atoms with Crippen LogP contribution in [0.4, 0.5) is 5.69 Å². The highest BCUT2D eigenvalue weighted by molar-refractivity contribution is 5.96. The van der Waals surface area contributed by atoms with E-state index in [9.17, 15) is 14.4 Å². The van der Waals surface area contributed by atoms with E-state index < -0.39 is 5.54 Å². The summed E-state index contributed by atoms with van der Waals surface area (Å²) in [5.41, 5.74) is 0.310. The SMILES string of the molecule is CCCCNC(=O)CN1CN(c2ccccc2)C2(CCN(C(=O)C3CCC3)CC2)C1=O. The molecule has 0 aromatic heterocycles. The Kier molecular flexibility index (Phi) is 6.49. The van der Waals surface area contributed by atoms with Crippen LogP contribution in [0.3, 0.4) is 0 Å². The van der Waals surface area contributed by atoms with E-state index in [1.54, 1.807) is 4.90 Å². The van der Waals surface area contributed by atoms with Crippen LogP contribution in [-0.4, -0.2) is 65.9 Å². The molecule has 7 nitrogen and oxygen atoms in total. The van der Waals surface area contributed by atoms with Gasteiger partial charge in [-0.2, -0.15) is 0 Å². The van der Waals surface area contributed by atoms with Gasteiger partial charge in [-0.1, -0.05) is 38.0 Å². The largest absolute Gasteiger partial charge is 0.355 e. The fourth-order valence-electron chi connectivity index (χ4n) is 4.97. The van der Waals surface area contributed by atoms with Gasteiger partial charge < -0.3 is 20.0 Å². The van der Waals surface area contributed by atoms with E-state index in [2.05, 4.69) is 17.1 Å². The third-order valence-electron chi connectivity index (χ3n) is 7.13. The van der Waals surface area contributed by atoms with Gasteiger partial charge in [0.1, 0.15) is 12.1 Å². The number of carbonyl (C=O) groups is 3. The predicted octanol–water partition coefficient (Wildman–Crippen LogP) is 2.37. The zero-order chi connectivity index (χ0) is 21.8. The van der Waals surface area contributed by atoms with Gasteiger partial charge in [0.05, 0.1) is 6.67 Å². The van der Waals surface area contributed by atoms with E-state index >= 15 is 0 Å². The Balaban J connectivity index is 1.49. The van der Waals surface area contributed by atoms with Crippen LogP contribution in [0.1, 0.15) is 51.9 Å². The Morgan fingerprint density at radius 3 is 2.45 bits per heavy atom. The molecule has 1 aromatic rings. The van der Waals surface area contributed by atoms with Crippen LogP contribution in [0.2, 0.25) is 0 Å². The molecule has 2 aliphatic heterocycles. The summed E-state index contributed by atoms with van der Waals surface area (Å²) in [4.78, 5) is 44.5. The van der Waals surface area contributed by atoms with Crippen LogP contribution in [0.25, 0.3) is 0 Å². The number of benzene rings is 1. The van der Waals surface area contributed by atoms with Crippen molar-refractivity contribution in [2.24, 2.45) is 5.92 Å². The molecule has 2 saturated heterocycles. The van der Waals surface area contributed by atoms with Crippen LogP contribution in [0.15, 0.2) is 30.3 Å². The molecule has 3 amide bonds. The standard InChI is InChI=1S/C24H34N4O3/c1-2-3-14-25-21(29)17-27-18-28(20-10-5-4-6-11-20)24(23(27)31)12-15-26(16-13-24)22(30)19-8-7-9-19/h4-6,10-11,19H,2-3,7-9,12-18H2,1H3,(H,25,29). The van der Waals surface area contributed by atoms with E-state index in [0.717, 1.165) is 37.8 Å². The topological polar surface area (TPSA) is 73.0 Å². The number of unbranched alkanes of at least 4 members (excludes halogenated alkanes) is 1. The van der Waals surface area contributed by atoms with Gasteiger partial charge in [0.25, 0.3) is 5.91 Å². The molecule has 0 radical (unpaired) electrons. The first-order valence-corrected chi connectivity index (χ1v) is 11.7. The second kappa shape index (κ2) is 9.28. The fraction of sp³-hybridized carbons (Fsp3) is 0.625. The number of rotatable bonds is 7. The minimum absolute atomic E-state index is 0.0118. The number of piperidine rings is 1. The molecular formula is C24H34N4O3. The van der Waals surface area contributed by atoms with E-state index in [1.165, 1.54) is 0 Å². The van der Waals surface area contributed by atoms with Gasteiger partial charge in [-0.3, -0.25) is 14.4 Å². The summed E-state index contributed by atoms with van der Waals surface area (Å²) in [5.74, 6) is 0.342. The van der Waals surface area contributed by atoms with Crippen LogP contribution >= 0.6 is 0 Å². The monoisotopic (exact) mass is 426 g/mol. The van der Waals surface area contributed by atoms with E-state index in [0.29, 0.717) is 39.1 Å². The maximum Gasteiger partial charge on any atom is 0.250 e. The average molecular weight is 427 g/mol. The molecule has 0 unspecified atom stereocenters. The van der Waals surface area contributed by atoms with Crippen LogP contribution < -0.4 is 10.2 Å². The smallest absolute Gasteiger partial charge is 0.250 e. The molecule has 0 bridgehead atoms. The summed E-state index contributed by atoms with van der Waals surface area (Å²) in [6.45, 7) is 4.41. The Morgan fingerprint density at radius 2 is 1.84 bits per heavy atom. The maximum absolute atomic E-state index is 13.6. The molecule has 1 aliphatic carbocycles. The molecule has 3 fully saturated rings. The van der Waals surface area contributed by atoms with Crippen LogP contribution in [-0.2, 0) is 14.4 Å². The van der Waals surface area contributed by atoms with Crippen molar-refractivity contribution in [3.8, 4) is 0 Å². The quantitative estimate of drug-likeness (QED) is 0.680. The molecular weight excluding hydrogens is 392 g/mol. The van der Waals surface area contributed by atoms with E-state index in [4.69, 9.17) is 0 Å². The van der Waals surface area contributed by atoms with Gasteiger partial charge >= 0.3 is 0 Å². The molecule has 31 heavy (non-hydrogen) atoms. The number of hydrogen-bond acceptors (Lipinski definition) is 4. The maximum atomic E-state index is 13.6. The molecule has 1 saturated carbocycles. The lowest BCUT2D eigenvalue weighted by molar-refractivity contribution is -0.143. The lowest BCUT2D eigenvalue weighted by atomic mass is 9.81. The summed E-state index contributed by atoms with van der Waals surface area (Å²) >= 11 is 0. The van der Waals surface area contributed by atoms with Crippen molar-refractivity contribution >= 4 is 23.4 Å². The highest BCUT2D eigenvalue weighted by Gasteiger charge is 2.54. The Labute approximate surface area is 184 Å². The molecule has 1 N–H and O–H groups in total. The molecule has 168 valence electrons. The third-order valence-corrected chi connectivity index (χ3v) is 7.13. The minimum Gasteiger partial charge on any atom is -0.355 e. The van der Waals surface area contributed by atoms with Crippen molar-refractivity contribution in [2.45, 2.75) is 57.4 Å². The number of likely N-dealkylation sites (tertiary alicyclic amines) is 1. The van der Waals surface area contributed by atoms with Crippen molar-refractivity contribution in [2.75, 3.05) is 37.7 Å². The lowest BCUT2D eigenvalue weighted by Gasteiger charge is -2.44. The Morgan fingerprint density at radius 1 is 1.13 bits per heavy atom. The fourth-order valence-corrected chi connectivity index (χ4v) is 4.97. The number of carbonyl (C=O) groups excluding carboxylic acids is 3. The molecule has 1 spiro atoms. The van der Waals surface area contributed by atoms with Crippen molar-refractivity contribution in [3.63, 3.8) is 0 Å². The Hall–Kier alpha value is -2.57. The molecule has 7 heteroatoms. The lowest BCUT2D eigenvalue weighted by Crippen LogP contribution is -2.58. The predicted molar refractivity (Wildman–Crippen MR) is 119 cm³/mol. The third kappa shape index (κ3) is 4.27. The minimum atomic E-state index is -0.679. The second-order valence-electron chi connectivity index (χ2n) is 9.10. The van der Waals surface area contributed by atoms with Gasteiger partial charge in [-0.15, -0.1) is 0 Å². The van der Waals surface area contributed by atoms with Crippen molar-refractivity contribution in [1.82, 2.24) is 15.1 Å². The normalized spacial score (nSPS) is 20.8. The molecule has 1 aromatic carbocycles. The van der Waals surface area contributed by atoms with Gasteiger partial charge in [0, 0.05) is 31.2 Å². The van der Waals surface area contributed by atoms with Gasteiger partial charge in [-0.25, -0.2) is 0 Å². The summed E-state index contributed by atoms with van der Waals surface area (Å²) in [5, 5.41) is 2.92. The molecule has 4 rings (SSSR count). The number of amides is 3. The molecule has 3 aliphatic rings. The number of anilines is 1. The van der Waals surface area contributed by atoms with Crippen LogP contribution in [0, 0.1) is 5.92 Å². The number of nitrogens with zero attached hydrogens (tertiary/aromatic N) is 3. The zero-order valence-electron chi connectivity index (χ0n) is 18.5. The first kappa shape index (κ1) is 21.7. The van der Waals surface area contributed by atoms with Crippen molar-refractivity contribution < 1.29 is 14.4 Å². The first-order valence-electron chi connectivity index (χ1n) is 11.7. The summed E-state index contributed by atoms with van der Waals surface area (Å²) in [6.07, 6.45) is 6.30. The highest BCUT2D eigenvalue weighted by Crippen LogP contribution is 2.40. The zero-order valence-corrected chi connectivity index (χ0v) is 18.5. The average Bonchev–Trinajstić information content (AvgIpc) is 3.00. The van der Waals surface area contributed by atoms with Crippen molar-refractivity contribution in [1.29, 1.82) is 0 Å². The number of nitrogens with one attached hydrogen (secondary N) is 1. The van der Waals surface area contributed by atoms with E-state index in [1.807, 2.05) is 35.2 Å². The number of hydrogen-bond donors (Lipinski definition) is 1. The summed E-state index contributed by atoms with van der Waals surface area (Å²) in [6, 6.07) is 9.95.